The molecule has 0 atom stereocenters. The van der Waals surface area contributed by atoms with Gasteiger partial charge >= 0.3 is 0 Å². The SMILES string of the molecule is CCc1cccc(CC)c1Nc1ccccc1Nc1c(CC)cccc1CC. The zero-order valence-electron chi connectivity index (χ0n) is 17.6. The molecule has 0 unspecified atom stereocenters. The van der Waals surface area contributed by atoms with Gasteiger partial charge in [-0.05, 0) is 60.1 Å². The molecule has 0 radical (unpaired) electrons. The molecule has 3 aromatic rings. The first kappa shape index (κ1) is 20.0. The first-order valence-corrected chi connectivity index (χ1v) is 10.6. The number of hydrogen-bond acceptors (Lipinski definition) is 2. The molecule has 3 rings (SSSR count). The van der Waals surface area contributed by atoms with E-state index in [-0.39, 0.29) is 0 Å². The Labute approximate surface area is 170 Å². The van der Waals surface area contributed by atoms with Crippen LogP contribution >= 0.6 is 0 Å². The summed E-state index contributed by atoms with van der Waals surface area (Å²) in [5, 5.41) is 7.49. The van der Waals surface area contributed by atoms with Crippen molar-refractivity contribution in [2.24, 2.45) is 0 Å². The zero-order chi connectivity index (χ0) is 19.9. The second kappa shape index (κ2) is 9.45. The maximum absolute atomic E-state index is 3.74. The number of aryl methyl sites for hydroxylation is 4. The van der Waals surface area contributed by atoms with Gasteiger partial charge in [-0.2, -0.15) is 0 Å². The molecule has 3 aromatic carbocycles. The molecule has 0 aliphatic rings. The lowest BCUT2D eigenvalue weighted by Gasteiger charge is -2.21. The van der Waals surface area contributed by atoms with Crippen molar-refractivity contribution in [2.45, 2.75) is 53.4 Å². The second-order valence-electron chi connectivity index (χ2n) is 7.11. The largest absolute Gasteiger partial charge is 0.353 e. The van der Waals surface area contributed by atoms with Gasteiger partial charge in [0.15, 0.2) is 0 Å². The average molecular weight is 373 g/mol. The van der Waals surface area contributed by atoms with E-state index in [1.807, 2.05) is 0 Å². The highest BCUT2D eigenvalue weighted by atomic mass is 15.0. The summed E-state index contributed by atoms with van der Waals surface area (Å²) in [4.78, 5) is 0. The van der Waals surface area contributed by atoms with E-state index in [9.17, 15) is 0 Å². The second-order valence-corrected chi connectivity index (χ2v) is 7.11. The summed E-state index contributed by atoms with van der Waals surface area (Å²) in [6, 6.07) is 21.7. The Bertz CT molecular complexity index is 806. The van der Waals surface area contributed by atoms with Gasteiger partial charge in [0.05, 0.1) is 11.4 Å². The quantitative estimate of drug-likeness (QED) is 0.430. The highest BCUT2D eigenvalue weighted by molar-refractivity contribution is 5.81. The van der Waals surface area contributed by atoms with Crippen molar-refractivity contribution in [1.82, 2.24) is 0 Å². The Kier molecular flexibility index (Phi) is 6.76. The van der Waals surface area contributed by atoms with Crippen LogP contribution < -0.4 is 10.6 Å². The summed E-state index contributed by atoms with van der Waals surface area (Å²) in [6.07, 6.45) is 4.07. The van der Waals surface area contributed by atoms with Crippen LogP contribution in [0.25, 0.3) is 0 Å². The van der Waals surface area contributed by atoms with Crippen LogP contribution in [0.1, 0.15) is 49.9 Å². The van der Waals surface area contributed by atoms with Crippen molar-refractivity contribution in [3.63, 3.8) is 0 Å². The van der Waals surface area contributed by atoms with Crippen LogP contribution in [0.3, 0.4) is 0 Å². The van der Waals surface area contributed by atoms with Crippen molar-refractivity contribution in [2.75, 3.05) is 10.6 Å². The van der Waals surface area contributed by atoms with Gasteiger partial charge in [-0.1, -0.05) is 76.2 Å². The number of rotatable bonds is 8. The van der Waals surface area contributed by atoms with Crippen LogP contribution in [-0.4, -0.2) is 0 Å². The van der Waals surface area contributed by atoms with Gasteiger partial charge < -0.3 is 10.6 Å². The highest BCUT2D eigenvalue weighted by Gasteiger charge is 2.12. The van der Waals surface area contributed by atoms with Crippen molar-refractivity contribution >= 4 is 22.7 Å². The Balaban J connectivity index is 2.01. The molecule has 28 heavy (non-hydrogen) atoms. The minimum Gasteiger partial charge on any atom is -0.353 e. The van der Waals surface area contributed by atoms with E-state index in [4.69, 9.17) is 0 Å². The van der Waals surface area contributed by atoms with Crippen LogP contribution in [-0.2, 0) is 25.7 Å². The van der Waals surface area contributed by atoms with Gasteiger partial charge in [-0.3, -0.25) is 0 Å². The predicted molar refractivity (Wildman–Crippen MR) is 123 cm³/mol. The van der Waals surface area contributed by atoms with Crippen LogP contribution in [0.2, 0.25) is 0 Å². The molecule has 2 nitrogen and oxygen atoms in total. The van der Waals surface area contributed by atoms with Gasteiger partial charge in [0.25, 0.3) is 0 Å². The molecule has 2 N–H and O–H groups in total. The Morgan fingerprint density at radius 1 is 0.464 bits per heavy atom. The molecule has 0 amide bonds. The topological polar surface area (TPSA) is 24.1 Å². The van der Waals surface area contributed by atoms with Gasteiger partial charge in [0, 0.05) is 11.4 Å². The Hall–Kier alpha value is -2.74. The third kappa shape index (κ3) is 4.22. The maximum atomic E-state index is 3.74. The van der Waals surface area contributed by atoms with Gasteiger partial charge in [0.2, 0.25) is 0 Å². The monoisotopic (exact) mass is 372 g/mol. The standard InChI is InChI=1S/C26H32N2/c1-5-19-13-11-14-20(6-2)25(19)27-23-17-9-10-18-24(23)28-26-21(7-3)15-12-16-22(26)8-4/h9-18,27-28H,5-8H2,1-4H3. The first-order chi connectivity index (χ1) is 13.7. The lowest BCUT2D eigenvalue weighted by Crippen LogP contribution is -2.05. The van der Waals surface area contributed by atoms with Crippen molar-refractivity contribution in [3.8, 4) is 0 Å². The third-order valence-corrected chi connectivity index (χ3v) is 5.44. The molecule has 2 heteroatoms. The van der Waals surface area contributed by atoms with E-state index in [2.05, 4.69) is 99.0 Å². The molecular formula is C26H32N2. The summed E-state index contributed by atoms with van der Waals surface area (Å²) in [5.41, 5.74) is 10.2. The van der Waals surface area contributed by atoms with E-state index >= 15 is 0 Å². The molecule has 0 saturated heterocycles. The van der Waals surface area contributed by atoms with Gasteiger partial charge in [-0.15, -0.1) is 0 Å². The smallest absolute Gasteiger partial charge is 0.0623 e. The summed E-state index contributed by atoms with van der Waals surface area (Å²) >= 11 is 0. The number of nitrogens with one attached hydrogen (secondary N) is 2. The summed E-state index contributed by atoms with van der Waals surface area (Å²) in [6.45, 7) is 8.87. The van der Waals surface area contributed by atoms with Crippen LogP contribution in [0, 0.1) is 0 Å². The molecule has 146 valence electrons. The normalized spacial score (nSPS) is 10.7. The minimum atomic E-state index is 1.02. The third-order valence-electron chi connectivity index (χ3n) is 5.44. The van der Waals surface area contributed by atoms with E-state index in [1.54, 1.807) is 0 Å². The number of hydrogen-bond donors (Lipinski definition) is 2. The maximum Gasteiger partial charge on any atom is 0.0623 e. The molecule has 0 bridgehead atoms. The van der Waals surface area contributed by atoms with Crippen LogP contribution in [0.15, 0.2) is 60.7 Å². The van der Waals surface area contributed by atoms with Crippen molar-refractivity contribution < 1.29 is 0 Å². The minimum absolute atomic E-state index is 1.02. The summed E-state index contributed by atoms with van der Waals surface area (Å²) < 4.78 is 0. The van der Waals surface area contributed by atoms with E-state index in [0.717, 1.165) is 37.1 Å². The van der Waals surface area contributed by atoms with E-state index in [0.29, 0.717) is 0 Å². The number of anilines is 4. The van der Waals surface area contributed by atoms with Crippen LogP contribution in [0.5, 0.6) is 0 Å². The van der Waals surface area contributed by atoms with E-state index in [1.165, 1.54) is 33.6 Å². The van der Waals surface area contributed by atoms with Gasteiger partial charge in [0.1, 0.15) is 0 Å². The zero-order valence-corrected chi connectivity index (χ0v) is 17.6. The molecule has 0 aliphatic carbocycles. The fraction of sp³-hybridized carbons (Fsp3) is 0.308. The number of benzene rings is 3. The van der Waals surface area contributed by atoms with Gasteiger partial charge in [-0.25, -0.2) is 0 Å². The first-order valence-electron chi connectivity index (χ1n) is 10.6. The number of para-hydroxylation sites is 4. The Morgan fingerprint density at radius 3 is 1.07 bits per heavy atom. The molecular weight excluding hydrogens is 340 g/mol. The van der Waals surface area contributed by atoms with E-state index < -0.39 is 0 Å². The van der Waals surface area contributed by atoms with Crippen molar-refractivity contribution in [1.29, 1.82) is 0 Å². The average Bonchev–Trinajstić information content (AvgIpc) is 2.75. The molecule has 0 fully saturated rings. The molecule has 0 heterocycles. The Morgan fingerprint density at radius 2 is 0.786 bits per heavy atom. The lowest BCUT2D eigenvalue weighted by molar-refractivity contribution is 1.09. The molecule has 0 spiro atoms. The predicted octanol–water partition coefficient (Wildman–Crippen LogP) is 7.42. The molecule has 0 aliphatic heterocycles. The van der Waals surface area contributed by atoms with Crippen molar-refractivity contribution in [3.05, 3.63) is 82.9 Å². The fourth-order valence-electron chi connectivity index (χ4n) is 3.78. The fourth-order valence-corrected chi connectivity index (χ4v) is 3.78. The lowest BCUT2D eigenvalue weighted by atomic mass is 10.0. The van der Waals surface area contributed by atoms with Crippen LogP contribution in [0.4, 0.5) is 22.7 Å². The molecule has 0 aromatic heterocycles. The highest BCUT2D eigenvalue weighted by Crippen LogP contribution is 2.34. The molecule has 0 saturated carbocycles. The summed E-state index contributed by atoms with van der Waals surface area (Å²) in [5.74, 6) is 0. The summed E-state index contributed by atoms with van der Waals surface area (Å²) in [7, 11) is 0.